The SMILES string of the molecule is CNCc1cccc(C(C)(C)C(NC)C(=O)NC(C)C(C)(C)C)c1. The molecule has 0 aliphatic rings. The molecule has 0 aromatic heterocycles. The van der Waals surface area contributed by atoms with E-state index in [1.165, 1.54) is 5.56 Å². The zero-order chi connectivity index (χ0) is 18.5. The van der Waals surface area contributed by atoms with Gasteiger partial charge in [-0.2, -0.15) is 0 Å². The maximum absolute atomic E-state index is 12.9. The molecule has 0 spiro atoms. The van der Waals surface area contributed by atoms with Gasteiger partial charge in [0.25, 0.3) is 0 Å². The molecule has 136 valence electrons. The van der Waals surface area contributed by atoms with E-state index in [0.29, 0.717) is 0 Å². The maximum atomic E-state index is 12.9. The summed E-state index contributed by atoms with van der Waals surface area (Å²) in [5.41, 5.74) is 2.10. The topological polar surface area (TPSA) is 53.2 Å². The number of nitrogens with one attached hydrogen (secondary N) is 3. The van der Waals surface area contributed by atoms with Crippen LogP contribution >= 0.6 is 0 Å². The number of likely N-dealkylation sites (N-methyl/N-ethyl adjacent to an activating group) is 1. The summed E-state index contributed by atoms with van der Waals surface area (Å²) in [5.74, 6) is 0.0453. The molecule has 1 rings (SSSR count). The normalized spacial score (nSPS) is 15.0. The van der Waals surface area contributed by atoms with Gasteiger partial charge in [-0.1, -0.05) is 58.9 Å². The van der Waals surface area contributed by atoms with Gasteiger partial charge in [0.2, 0.25) is 5.91 Å². The molecule has 1 amide bonds. The molecule has 3 N–H and O–H groups in total. The third-order valence-corrected chi connectivity index (χ3v) is 4.98. The van der Waals surface area contributed by atoms with Gasteiger partial charge < -0.3 is 16.0 Å². The molecule has 0 saturated heterocycles. The predicted octanol–water partition coefficient (Wildman–Crippen LogP) is 2.82. The van der Waals surface area contributed by atoms with Crippen molar-refractivity contribution in [2.45, 2.75) is 65.6 Å². The molecule has 1 aromatic carbocycles. The van der Waals surface area contributed by atoms with Crippen molar-refractivity contribution < 1.29 is 4.79 Å². The summed E-state index contributed by atoms with van der Waals surface area (Å²) in [6, 6.07) is 8.25. The molecule has 0 bridgehead atoms. The van der Waals surface area contributed by atoms with Gasteiger partial charge in [-0.05, 0) is 37.6 Å². The summed E-state index contributed by atoms with van der Waals surface area (Å²) in [7, 11) is 3.79. The number of amides is 1. The summed E-state index contributed by atoms with van der Waals surface area (Å²) < 4.78 is 0. The van der Waals surface area contributed by atoms with E-state index in [9.17, 15) is 4.79 Å². The standard InChI is InChI=1S/C20H35N3O/c1-14(19(2,3)4)23-18(24)17(22-8)20(5,6)16-11-9-10-15(12-16)13-21-7/h9-12,14,17,21-22H,13H2,1-8H3,(H,23,24). The van der Waals surface area contributed by atoms with Crippen molar-refractivity contribution >= 4 is 5.91 Å². The first-order valence-corrected chi connectivity index (χ1v) is 8.75. The first-order chi connectivity index (χ1) is 11.0. The Balaban J connectivity index is 3.04. The fourth-order valence-corrected chi connectivity index (χ4v) is 2.79. The lowest BCUT2D eigenvalue weighted by atomic mass is 9.76. The highest BCUT2D eigenvalue weighted by Gasteiger charge is 2.37. The van der Waals surface area contributed by atoms with Crippen LogP contribution in [0.25, 0.3) is 0 Å². The van der Waals surface area contributed by atoms with Crippen LogP contribution in [0.5, 0.6) is 0 Å². The molecule has 0 fully saturated rings. The lowest BCUT2D eigenvalue weighted by Gasteiger charge is -2.36. The molecule has 0 heterocycles. The number of rotatable bonds is 7. The van der Waals surface area contributed by atoms with Crippen LogP contribution in [-0.2, 0) is 16.8 Å². The molecule has 24 heavy (non-hydrogen) atoms. The van der Waals surface area contributed by atoms with Gasteiger partial charge >= 0.3 is 0 Å². The third-order valence-electron chi connectivity index (χ3n) is 4.98. The zero-order valence-corrected chi connectivity index (χ0v) is 16.6. The van der Waals surface area contributed by atoms with Crippen molar-refractivity contribution in [1.82, 2.24) is 16.0 Å². The zero-order valence-electron chi connectivity index (χ0n) is 16.6. The van der Waals surface area contributed by atoms with Crippen LogP contribution in [0.2, 0.25) is 0 Å². The van der Waals surface area contributed by atoms with Crippen molar-refractivity contribution in [3.8, 4) is 0 Å². The van der Waals surface area contributed by atoms with E-state index in [-0.39, 0.29) is 28.8 Å². The Kier molecular flexibility index (Phi) is 6.99. The van der Waals surface area contributed by atoms with Crippen LogP contribution < -0.4 is 16.0 Å². The van der Waals surface area contributed by atoms with E-state index in [0.717, 1.165) is 12.1 Å². The van der Waals surface area contributed by atoms with Gasteiger partial charge in [-0.15, -0.1) is 0 Å². The summed E-state index contributed by atoms with van der Waals surface area (Å²) in [6.07, 6.45) is 0. The second-order valence-electron chi connectivity index (χ2n) is 8.27. The van der Waals surface area contributed by atoms with E-state index in [4.69, 9.17) is 0 Å². The quantitative estimate of drug-likeness (QED) is 0.719. The molecule has 4 nitrogen and oxygen atoms in total. The molecule has 2 atom stereocenters. The van der Waals surface area contributed by atoms with Gasteiger partial charge in [0, 0.05) is 18.0 Å². The van der Waals surface area contributed by atoms with E-state index >= 15 is 0 Å². The summed E-state index contributed by atoms with van der Waals surface area (Å²) in [4.78, 5) is 12.9. The van der Waals surface area contributed by atoms with Crippen molar-refractivity contribution in [2.75, 3.05) is 14.1 Å². The second-order valence-corrected chi connectivity index (χ2v) is 8.27. The average molecular weight is 334 g/mol. The lowest BCUT2D eigenvalue weighted by Crippen LogP contribution is -2.56. The van der Waals surface area contributed by atoms with Gasteiger partial charge in [-0.3, -0.25) is 4.79 Å². The molecule has 4 heteroatoms. The van der Waals surface area contributed by atoms with E-state index in [2.05, 4.69) is 81.8 Å². The fraction of sp³-hybridized carbons (Fsp3) is 0.650. The molecule has 0 radical (unpaired) electrons. The maximum Gasteiger partial charge on any atom is 0.238 e. The highest BCUT2D eigenvalue weighted by Crippen LogP contribution is 2.29. The second kappa shape index (κ2) is 8.13. The van der Waals surface area contributed by atoms with Crippen molar-refractivity contribution in [1.29, 1.82) is 0 Å². The Labute approximate surface area is 147 Å². The number of carbonyl (C=O) groups excluding carboxylic acids is 1. The first-order valence-electron chi connectivity index (χ1n) is 8.75. The van der Waals surface area contributed by atoms with Crippen LogP contribution in [0.3, 0.4) is 0 Å². The fourth-order valence-electron chi connectivity index (χ4n) is 2.79. The highest BCUT2D eigenvalue weighted by atomic mass is 16.2. The predicted molar refractivity (Wildman–Crippen MR) is 102 cm³/mol. The van der Waals surface area contributed by atoms with Crippen LogP contribution in [0.15, 0.2) is 24.3 Å². The van der Waals surface area contributed by atoms with Crippen molar-refractivity contribution in [3.05, 3.63) is 35.4 Å². The van der Waals surface area contributed by atoms with E-state index in [1.807, 2.05) is 14.1 Å². The molecule has 0 aliphatic heterocycles. The van der Waals surface area contributed by atoms with Gasteiger partial charge in [-0.25, -0.2) is 0 Å². The minimum absolute atomic E-state index is 0.0325. The van der Waals surface area contributed by atoms with Gasteiger partial charge in [0.05, 0.1) is 6.04 Å². The monoisotopic (exact) mass is 333 g/mol. The van der Waals surface area contributed by atoms with E-state index in [1.54, 1.807) is 0 Å². The van der Waals surface area contributed by atoms with Crippen LogP contribution in [0, 0.1) is 5.41 Å². The molecular formula is C20H35N3O. The van der Waals surface area contributed by atoms with Crippen molar-refractivity contribution in [3.63, 3.8) is 0 Å². The number of hydrogen-bond donors (Lipinski definition) is 3. The highest BCUT2D eigenvalue weighted by molar-refractivity contribution is 5.84. The van der Waals surface area contributed by atoms with E-state index < -0.39 is 0 Å². The largest absolute Gasteiger partial charge is 0.352 e. The Bertz CT molecular complexity index is 546. The number of benzene rings is 1. The molecule has 0 saturated carbocycles. The van der Waals surface area contributed by atoms with Crippen LogP contribution in [0.1, 0.15) is 52.7 Å². The molecular weight excluding hydrogens is 298 g/mol. The summed E-state index contributed by atoms with van der Waals surface area (Å²) in [5, 5.41) is 9.57. The molecule has 1 aromatic rings. The molecule has 0 aliphatic carbocycles. The first kappa shape index (κ1) is 20.7. The Morgan fingerprint density at radius 3 is 2.25 bits per heavy atom. The van der Waals surface area contributed by atoms with Gasteiger partial charge in [0.1, 0.15) is 0 Å². The third kappa shape index (κ3) is 5.05. The Hall–Kier alpha value is -1.39. The summed E-state index contributed by atoms with van der Waals surface area (Å²) >= 11 is 0. The Morgan fingerprint density at radius 1 is 1.12 bits per heavy atom. The lowest BCUT2D eigenvalue weighted by molar-refractivity contribution is -0.125. The molecule has 2 unspecified atom stereocenters. The smallest absolute Gasteiger partial charge is 0.238 e. The minimum Gasteiger partial charge on any atom is -0.352 e. The van der Waals surface area contributed by atoms with Crippen LogP contribution in [-0.4, -0.2) is 32.1 Å². The average Bonchev–Trinajstić information content (AvgIpc) is 2.47. The number of hydrogen-bond acceptors (Lipinski definition) is 3. The summed E-state index contributed by atoms with van der Waals surface area (Å²) in [6.45, 7) is 13.5. The van der Waals surface area contributed by atoms with Gasteiger partial charge in [0.15, 0.2) is 0 Å². The van der Waals surface area contributed by atoms with Crippen molar-refractivity contribution in [2.24, 2.45) is 5.41 Å². The Morgan fingerprint density at radius 2 is 1.75 bits per heavy atom. The van der Waals surface area contributed by atoms with Crippen LogP contribution in [0.4, 0.5) is 0 Å². The minimum atomic E-state index is -0.319. The number of carbonyl (C=O) groups is 1.